The van der Waals surface area contributed by atoms with Gasteiger partial charge in [-0.25, -0.2) is 13.1 Å². The van der Waals surface area contributed by atoms with Gasteiger partial charge in [0.1, 0.15) is 10.6 Å². The Morgan fingerprint density at radius 1 is 1.50 bits per heavy atom. The van der Waals surface area contributed by atoms with Gasteiger partial charge in [-0.05, 0) is 24.6 Å². The van der Waals surface area contributed by atoms with E-state index in [0.29, 0.717) is 29.9 Å². The molecule has 1 atom stereocenters. The van der Waals surface area contributed by atoms with Crippen LogP contribution in [0.15, 0.2) is 27.6 Å². The van der Waals surface area contributed by atoms with Crippen molar-refractivity contribution in [3.8, 4) is 5.75 Å². The third-order valence-electron chi connectivity index (χ3n) is 2.67. The summed E-state index contributed by atoms with van der Waals surface area (Å²) in [7, 11) is -2.15. The summed E-state index contributed by atoms with van der Waals surface area (Å²) in [5, 5.41) is 0. The van der Waals surface area contributed by atoms with Crippen molar-refractivity contribution in [2.75, 3.05) is 20.3 Å². The SMILES string of the molecule is COc1ccc(Br)cc1S(=O)(=O)NC1CCOC1. The molecule has 1 aromatic carbocycles. The number of hydrogen-bond donors (Lipinski definition) is 1. The molecule has 7 heteroatoms. The summed E-state index contributed by atoms with van der Waals surface area (Å²) in [6, 6.07) is 4.70. The van der Waals surface area contributed by atoms with Gasteiger partial charge in [0.25, 0.3) is 0 Å². The maximum atomic E-state index is 12.3. The van der Waals surface area contributed by atoms with Gasteiger partial charge >= 0.3 is 0 Å². The van der Waals surface area contributed by atoms with E-state index in [1.54, 1.807) is 12.1 Å². The van der Waals surface area contributed by atoms with Gasteiger partial charge in [-0.1, -0.05) is 15.9 Å². The Morgan fingerprint density at radius 3 is 2.89 bits per heavy atom. The maximum absolute atomic E-state index is 12.3. The molecular formula is C11H14BrNO4S. The summed E-state index contributed by atoms with van der Waals surface area (Å²) >= 11 is 3.26. The lowest BCUT2D eigenvalue weighted by Gasteiger charge is -2.14. The highest BCUT2D eigenvalue weighted by Crippen LogP contribution is 2.27. The summed E-state index contributed by atoms with van der Waals surface area (Å²) in [5.41, 5.74) is 0. The minimum Gasteiger partial charge on any atom is -0.495 e. The lowest BCUT2D eigenvalue weighted by molar-refractivity contribution is 0.192. The largest absolute Gasteiger partial charge is 0.495 e. The highest BCUT2D eigenvalue weighted by molar-refractivity contribution is 9.10. The standard InChI is InChI=1S/C11H14BrNO4S/c1-16-10-3-2-8(12)6-11(10)18(14,15)13-9-4-5-17-7-9/h2-3,6,9,13H,4-5,7H2,1H3. The van der Waals surface area contributed by atoms with Crippen LogP contribution in [0.1, 0.15) is 6.42 Å². The summed E-state index contributed by atoms with van der Waals surface area (Å²) < 4.78 is 38.0. The number of nitrogens with one attached hydrogen (secondary N) is 1. The molecule has 0 aromatic heterocycles. The lowest BCUT2D eigenvalue weighted by atomic mass is 10.3. The van der Waals surface area contributed by atoms with Crippen molar-refractivity contribution < 1.29 is 17.9 Å². The zero-order valence-electron chi connectivity index (χ0n) is 9.85. The van der Waals surface area contributed by atoms with Gasteiger partial charge in [0, 0.05) is 17.1 Å². The number of halogens is 1. The van der Waals surface area contributed by atoms with Gasteiger partial charge in [0.15, 0.2) is 0 Å². The minimum absolute atomic E-state index is 0.131. The molecule has 1 saturated heterocycles. The topological polar surface area (TPSA) is 64.6 Å². The average molecular weight is 336 g/mol. The maximum Gasteiger partial charge on any atom is 0.244 e. The molecule has 1 aliphatic rings. The van der Waals surface area contributed by atoms with Crippen LogP contribution in [0.3, 0.4) is 0 Å². The third-order valence-corrected chi connectivity index (χ3v) is 4.70. The molecule has 1 heterocycles. The van der Waals surface area contributed by atoms with E-state index in [-0.39, 0.29) is 10.9 Å². The first kappa shape index (κ1) is 13.8. The predicted molar refractivity (Wildman–Crippen MR) is 70.2 cm³/mol. The molecular weight excluding hydrogens is 322 g/mol. The normalized spacial score (nSPS) is 20.0. The minimum atomic E-state index is -3.59. The number of benzene rings is 1. The summed E-state index contributed by atoms with van der Waals surface area (Å²) in [6.07, 6.45) is 0.690. The molecule has 0 saturated carbocycles. The number of methoxy groups -OCH3 is 1. The second-order valence-electron chi connectivity index (χ2n) is 3.98. The molecule has 0 aliphatic carbocycles. The third kappa shape index (κ3) is 3.03. The monoisotopic (exact) mass is 335 g/mol. The molecule has 1 aliphatic heterocycles. The molecule has 2 rings (SSSR count). The Morgan fingerprint density at radius 2 is 2.28 bits per heavy atom. The van der Waals surface area contributed by atoms with Crippen LogP contribution in [0.2, 0.25) is 0 Å². The van der Waals surface area contributed by atoms with Crippen molar-refractivity contribution in [2.45, 2.75) is 17.4 Å². The van der Waals surface area contributed by atoms with Crippen LogP contribution in [-0.4, -0.2) is 34.8 Å². The highest BCUT2D eigenvalue weighted by Gasteiger charge is 2.26. The second kappa shape index (κ2) is 5.56. The van der Waals surface area contributed by atoms with Crippen LogP contribution in [0.25, 0.3) is 0 Å². The van der Waals surface area contributed by atoms with Gasteiger partial charge < -0.3 is 9.47 Å². The predicted octanol–water partition coefficient (Wildman–Crippen LogP) is 1.52. The first-order valence-corrected chi connectivity index (χ1v) is 7.74. The van der Waals surface area contributed by atoms with Crippen molar-refractivity contribution in [3.05, 3.63) is 22.7 Å². The molecule has 5 nitrogen and oxygen atoms in total. The van der Waals surface area contributed by atoms with Crippen molar-refractivity contribution in [1.82, 2.24) is 4.72 Å². The summed E-state index contributed by atoms with van der Waals surface area (Å²) in [6.45, 7) is 0.998. The quantitative estimate of drug-likeness (QED) is 0.906. The second-order valence-corrected chi connectivity index (χ2v) is 6.58. The fourth-order valence-electron chi connectivity index (χ4n) is 1.77. The summed E-state index contributed by atoms with van der Waals surface area (Å²) in [5.74, 6) is 0.324. The van der Waals surface area contributed by atoms with Crippen LogP contribution >= 0.6 is 15.9 Å². The lowest BCUT2D eigenvalue weighted by Crippen LogP contribution is -2.35. The van der Waals surface area contributed by atoms with E-state index < -0.39 is 10.0 Å². The van der Waals surface area contributed by atoms with Crippen molar-refractivity contribution >= 4 is 26.0 Å². The molecule has 1 unspecified atom stereocenters. The molecule has 0 bridgehead atoms. The number of rotatable bonds is 4. The van der Waals surface area contributed by atoms with E-state index in [1.807, 2.05) is 0 Å². The first-order chi connectivity index (χ1) is 8.53. The number of sulfonamides is 1. The van der Waals surface area contributed by atoms with E-state index in [1.165, 1.54) is 13.2 Å². The zero-order chi connectivity index (χ0) is 13.2. The van der Waals surface area contributed by atoms with Gasteiger partial charge in [-0.15, -0.1) is 0 Å². The van der Waals surface area contributed by atoms with E-state index in [4.69, 9.17) is 9.47 Å². The Hall–Kier alpha value is -0.630. The average Bonchev–Trinajstić information content (AvgIpc) is 2.81. The van der Waals surface area contributed by atoms with Gasteiger partial charge in [-0.2, -0.15) is 0 Å². The molecule has 1 N–H and O–H groups in total. The van der Waals surface area contributed by atoms with Crippen LogP contribution in [0.5, 0.6) is 5.75 Å². The Bertz CT molecular complexity index is 526. The van der Waals surface area contributed by atoms with Crippen LogP contribution < -0.4 is 9.46 Å². The van der Waals surface area contributed by atoms with Crippen LogP contribution in [0.4, 0.5) is 0 Å². The van der Waals surface area contributed by atoms with E-state index in [0.717, 1.165) is 0 Å². The molecule has 18 heavy (non-hydrogen) atoms. The molecule has 1 aromatic rings. The fraction of sp³-hybridized carbons (Fsp3) is 0.455. The van der Waals surface area contributed by atoms with Crippen molar-refractivity contribution in [2.24, 2.45) is 0 Å². The zero-order valence-corrected chi connectivity index (χ0v) is 12.3. The smallest absolute Gasteiger partial charge is 0.244 e. The summed E-state index contributed by atoms with van der Waals surface area (Å²) in [4.78, 5) is 0.131. The fourth-order valence-corrected chi connectivity index (χ4v) is 3.73. The Labute approximate surface area is 115 Å². The van der Waals surface area contributed by atoms with Gasteiger partial charge in [0.2, 0.25) is 10.0 Å². The van der Waals surface area contributed by atoms with Crippen LogP contribution in [-0.2, 0) is 14.8 Å². The molecule has 0 spiro atoms. The van der Waals surface area contributed by atoms with E-state index in [9.17, 15) is 8.42 Å². The molecule has 1 fully saturated rings. The number of ether oxygens (including phenoxy) is 2. The van der Waals surface area contributed by atoms with Gasteiger partial charge in [-0.3, -0.25) is 0 Å². The first-order valence-electron chi connectivity index (χ1n) is 5.46. The van der Waals surface area contributed by atoms with E-state index >= 15 is 0 Å². The van der Waals surface area contributed by atoms with Crippen LogP contribution in [0, 0.1) is 0 Å². The Balaban J connectivity index is 2.30. The number of hydrogen-bond acceptors (Lipinski definition) is 4. The van der Waals surface area contributed by atoms with E-state index in [2.05, 4.69) is 20.7 Å². The molecule has 0 radical (unpaired) electrons. The van der Waals surface area contributed by atoms with Crippen molar-refractivity contribution in [1.29, 1.82) is 0 Å². The van der Waals surface area contributed by atoms with Crippen molar-refractivity contribution in [3.63, 3.8) is 0 Å². The Kier molecular flexibility index (Phi) is 4.26. The van der Waals surface area contributed by atoms with Gasteiger partial charge in [0.05, 0.1) is 13.7 Å². The highest BCUT2D eigenvalue weighted by atomic mass is 79.9. The molecule has 100 valence electrons. The molecule has 0 amide bonds.